The van der Waals surface area contributed by atoms with E-state index in [1.807, 2.05) is 26.0 Å². The van der Waals surface area contributed by atoms with Crippen molar-refractivity contribution in [1.82, 2.24) is 0 Å². The van der Waals surface area contributed by atoms with E-state index in [9.17, 15) is 0 Å². The van der Waals surface area contributed by atoms with Gasteiger partial charge in [-0.1, -0.05) is 19.1 Å². The highest BCUT2D eigenvalue weighted by Gasteiger charge is 1.98. The van der Waals surface area contributed by atoms with Crippen LogP contribution >= 0.6 is 11.6 Å². The second kappa shape index (κ2) is 8.38. The molecule has 0 radical (unpaired) electrons. The van der Waals surface area contributed by atoms with Gasteiger partial charge in [-0.2, -0.15) is 4.99 Å². The summed E-state index contributed by atoms with van der Waals surface area (Å²) in [7, 11) is 0. The summed E-state index contributed by atoms with van der Waals surface area (Å²) in [5.74, 6) is 0.897. The number of halogens is 1. The van der Waals surface area contributed by atoms with Crippen molar-refractivity contribution in [3.8, 4) is 0 Å². The number of nitrogens with one attached hydrogen (secondary N) is 1. The summed E-state index contributed by atoms with van der Waals surface area (Å²) >= 11 is 5.90. The summed E-state index contributed by atoms with van der Waals surface area (Å²) in [6, 6.07) is 8.15. The average molecular weight is 294 g/mol. The zero-order valence-corrected chi connectivity index (χ0v) is 12.9. The number of aryl methyl sites for hydroxylation is 1. The number of rotatable bonds is 5. The zero-order valence-electron chi connectivity index (χ0n) is 12.1. The third-order valence-corrected chi connectivity index (χ3v) is 2.64. The first-order chi connectivity index (χ1) is 9.55. The molecule has 0 heterocycles. The fraction of sp³-hybridized carbons (Fsp3) is 0.333. The highest BCUT2D eigenvalue weighted by molar-refractivity contribution is 6.65. The summed E-state index contributed by atoms with van der Waals surface area (Å²) in [5, 5.41) is 3.23. The molecule has 5 heteroatoms. The zero-order chi connectivity index (χ0) is 15.0. The van der Waals surface area contributed by atoms with Crippen molar-refractivity contribution in [2.45, 2.75) is 27.2 Å². The van der Waals surface area contributed by atoms with E-state index < -0.39 is 0 Å². The van der Waals surface area contributed by atoms with E-state index in [1.54, 1.807) is 0 Å². The van der Waals surface area contributed by atoms with Gasteiger partial charge in [-0.05, 0) is 56.1 Å². The van der Waals surface area contributed by atoms with E-state index in [2.05, 4.69) is 40.9 Å². The lowest BCUT2D eigenvalue weighted by atomic mass is 10.1. The van der Waals surface area contributed by atoms with E-state index >= 15 is 0 Å². The lowest BCUT2D eigenvalue weighted by Crippen LogP contribution is -2.08. The topological polar surface area (TPSA) is 46.0 Å². The number of hydrogen-bond acceptors (Lipinski definition) is 2. The molecule has 108 valence electrons. The fourth-order valence-corrected chi connectivity index (χ4v) is 1.75. The van der Waals surface area contributed by atoms with E-state index in [0.717, 1.165) is 12.1 Å². The Morgan fingerprint density at radius 3 is 2.45 bits per heavy atom. The van der Waals surface area contributed by atoms with Gasteiger partial charge in [-0.15, -0.1) is 0 Å². The summed E-state index contributed by atoms with van der Waals surface area (Å²) in [6.07, 6.45) is 1.02. The first-order valence-electron chi connectivity index (χ1n) is 6.52. The monoisotopic (exact) mass is 293 g/mol. The second-order valence-corrected chi connectivity index (χ2v) is 4.42. The van der Waals surface area contributed by atoms with Gasteiger partial charge in [0.25, 0.3) is 0 Å². The maximum atomic E-state index is 5.90. The van der Waals surface area contributed by atoms with Crippen molar-refractivity contribution in [3.05, 3.63) is 42.3 Å². The minimum atomic E-state index is 0.0821. The predicted octanol–water partition coefficient (Wildman–Crippen LogP) is 4.18. The maximum Gasteiger partial charge on any atom is 0.227 e. The number of nitrogens with zero attached hydrogens (tertiary/aromatic N) is 2. The highest BCUT2D eigenvalue weighted by Crippen LogP contribution is 2.10. The maximum absolute atomic E-state index is 5.90. The van der Waals surface area contributed by atoms with Gasteiger partial charge in [0.05, 0.1) is 6.61 Å². The molecule has 4 nitrogen and oxygen atoms in total. The Morgan fingerprint density at radius 1 is 1.25 bits per heavy atom. The Morgan fingerprint density at radius 2 is 1.90 bits per heavy atom. The van der Waals surface area contributed by atoms with E-state index in [4.69, 9.17) is 16.3 Å². The first-order valence-corrected chi connectivity index (χ1v) is 6.90. The van der Waals surface area contributed by atoms with Crippen LogP contribution in [-0.2, 0) is 11.2 Å². The van der Waals surface area contributed by atoms with Crippen LogP contribution in [0, 0.1) is 0 Å². The molecule has 0 aliphatic heterocycles. The number of ether oxygens (including phenoxy) is 1. The Bertz CT molecular complexity index is 506. The lowest BCUT2D eigenvalue weighted by molar-refractivity contribution is 0.229. The van der Waals surface area contributed by atoms with Crippen LogP contribution < -0.4 is 5.32 Å². The van der Waals surface area contributed by atoms with Gasteiger partial charge in [-0.3, -0.25) is 0 Å². The molecule has 0 aromatic heterocycles. The van der Waals surface area contributed by atoms with Crippen LogP contribution in [0.2, 0.25) is 0 Å². The van der Waals surface area contributed by atoms with Gasteiger partial charge in [0.15, 0.2) is 0 Å². The van der Waals surface area contributed by atoms with Crippen molar-refractivity contribution in [2.75, 3.05) is 11.9 Å². The SMILES string of the molecule is C=C(/N=C(Cl)\N=C(/C)Nc1ccc(CC)cc1)OCC. The van der Waals surface area contributed by atoms with Crippen molar-refractivity contribution in [1.29, 1.82) is 0 Å². The van der Waals surface area contributed by atoms with Crippen LogP contribution in [-0.4, -0.2) is 17.7 Å². The molecule has 1 aromatic rings. The summed E-state index contributed by atoms with van der Waals surface area (Å²) in [4.78, 5) is 8.03. The molecule has 1 N–H and O–H groups in total. The largest absolute Gasteiger partial charge is 0.478 e. The van der Waals surface area contributed by atoms with Crippen LogP contribution in [0.3, 0.4) is 0 Å². The smallest absolute Gasteiger partial charge is 0.227 e. The van der Waals surface area contributed by atoms with Gasteiger partial charge < -0.3 is 10.1 Å². The van der Waals surface area contributed by atoms with E-state index in [0.29, 0.717) is 12.4 Å². The van der Waals surface area contributed by atoms with Gasteiger partial charge >= 0.3 is 0 Å². The summed E-state index contributed by atoms with van der Waals surface area (Å²) in [6.45, 7) is 9.90. The highest BCUT2D eigenvalue weighted by atomic mass is 35.5. The van der Waals surface area contributed by atoms with Gasteiger partial charge in [0.2, 0.25) is 11.2 Å². The van der Waals surface area contributed by atoms with Gasteiger partial charge in [-0.25, -0.2) is 4.99 Å². The number of anilines is 1. The summed E-state index contributed by atoms with van der Waals surface area (Å²) < 4.78 is 5.08. The Balaban J connectivity index is 2.66. The van der Waals surface area contributed by atoms with E-state index in [1.165, 1.54) is 5.56 Å². The Hall–Kier alpha value is -1.81. The van der Waals surface area contributed by atoms with Crippen LogP contribution in [0.15, 0.2) is 46.7 Å². The van der Waals surface area contributed by atoms with Crippen LogP contribution in [0.25, 0.3) is 0 Å². The third kappa shape index (κ3) is 5.89. The standard InChI is InChI=1S/C15H20ClN3O/c1-5-13-7-9-14(10-8-13)17-11(3)18-15(16)19-12(4)20-6-2/h7-10H,4-6H2,1-3H3,(H,17,18,19). The minimum absolute atomic E-state index is 0.0821. The molecule has 0 bridgehead atoms. The average Bonchev–Trinajstić information content (AvgIpc) is 2.39. The molecule has 0 saturated heterocycles. The normalized spacial score (nSPS) is 12.2. The third-order valence-electron chi connectivity index (χ3n) is 2.48. The molecule has 0 atom stereocenters. The molecular weight excluding hydrogens is 274 g/mol. The molecule has 0 saturated carbocycles. The van der Waals surface area contributed by atoms with Crippen molar-refractivity contribution in [3.63, 3.8) is 0 Å². The van der Waals surface area contributed by atoms with Gasteiger partial charge in [0, 0.05) is 5.69 Å². The number of aliphatic imine (C=N–C) groups is 2. The van der Waals surface area contributed by atoms with Gasteiger partial charge in [0.1, 0.15) is 5.84 Å². The molecular formula is C15H20ClN3O. The molecule has 0 amide bonds. The molecule has 0 aliphatic carbocycles. The van der Waals surface area contributed by atoms with E-state index in [-0.39, 0.29) is 11.2 Å². The molecule has 0 spiro atoms. The fourth-order valence-electron chi connectivity index (χ4n) is 1.53. The number of benzene rings is 1. The molecule has 1 rings (SSSR count). The molecule has 0 aliphatic rings. The van der Waals surface area contributed by atoms with Crippen LogP contribution in [0.4, 0.5) is 5.69 Å². The first kappa shape index (κ1) is 16.2. The van der Waals surface area contributed by atoms with Crippen LogP contribution in [0.5, 0.6) is 0 Å². The molecule has 0 unspecified atom stereocenters. The second-order valence-electron chi connectivity index (χ2n) is 4.08. The van der Waals surface area contributed by atoms with Crippen molar-refractivity contribution < 1.29 is 4.74 Å². The van der Waals surface area contributed by atoms with Crippen molar-refractivity contribution >= 4 is 28.4 Å². The number of amidine groups is 2. The molecule has 1 aromatic carbocycles. The number of hydrogen-bond donors (Lipinski definition) is 1. The quantitative estimate of drug-likeness (QED) is 0.383. The summed E-state index contributed by atoms with van der Waals surface area (Å²) in [5.41, 5.74) is 2.24. The van der Waals surface area contributed by atoms with Crippen LogP contribution in [0.1, 0.15) is 26.3 Å². The molecule has 20 heavy (non-hydrogen) atoms. The minimum Gasteiger partial charge on any atom is -0.478 e. The molecule has 0 fully saturated rings. The van der Waals surface area contributed by atoms with Crippen molar-refractivity contribution in [2.24, 2.45) is 9.98 Å². The lowest BCUT2D eigenvalue weighted by Gasteiger charge is -2.06. The Kier molecular flexibility index (Phi) is 6.81. The Labute approximate surface area is 125 Å². The predicted molar refractivity (Wildman–Crippen MR) is 86.6 cm³/mol.